The Hall–Kier alpha value is -2.02. The van der Waals surface area contributed by atoms with Crippen molar-refractivity contribution in [1.29, 1.82) is 0 Å². The van der Waals surface area contributed by atoms with Crippen LogP contribution in [0.2, 0.25) is 0 Å². The van der Waals surface area contributed by atoms with Crippen LogP contribution in [0.1, 0.15) is 30.7 Å². The molecule has 1 fully saturated rings. The number of hydrogen-bond donors (Lipinski definition) is 2. The van der Waals surface area contributed by atoms with Gasteiger partial charge in [-0.1, -0.05) is 6.07 Å². The molecule has 1 amide bonds. The standard InChI is InChI=1S/C14H17N5OS/c1-2-19-12(17-18-14(19)21)8-16-13(20)11-6-10(11)9-4-3-5-15-7-9/h3-5,7,10-11H,2,6,8H2,1H3,(H,16,20)(H,18,21)/t10-,11+/m0/s1. The van der Waals surface area contributed by atoms with Crippen molar-refractivity contribution < 1.29 is 4.79 Å². The molecule has 110 valence electrons. The van der Waals surface area contributed by atoms with Crippen LogP contribution >= 0.6 is 12.2 Å². The summed E-state index contributed by atoms with van der Waals surface area (Å²) in [6, 6.07) is 3.93. The molecule has 2 N–H and O–H groups in total. The Bertz CT molecular complexity index is 693. The molecule has 1 aliphatic rings. The molecule has 0 radical (unpaired) electrons. The fourth-order valence-electron chi connectivity index (χ4n) is 2.56. The molecule has 3 rings (SSSR count). The van der Waals surface area contributed by atoms with Gasteiger partial charge in [0.2, 0.25) is 5.91 Å². The first-order valence-corrected chi connectivity index (χ1v) is 7.43. The van der Waals surface area contributed by atoms with Gasteiger partial charge in [-0.25, -0.2) is 0 Å². The Balaban J connectivity index is 1.57. The van der Waals surface area contributed by atoms with Crippen LogP contribution in [0.3, 0.4) is 0 Å². The zero-order valence-corrected chi connectivity index (χ0v) is 12.6. The highest BCUT2D eigenvalue weighted by atomic mass is 32.1. The van der Waals surface area contributed by atoms with E-state index >= 15 is 0 Å². The van der Waals surface area contributed by atoms with Crippen LogP contribution in [0.4, 0.5) is 0 Å². The first kappa shape index (κ1) is 13.9. The SMILES string of the molecule is CCn1c(CNC(=O)[C@@H]2C[C@H]2c2cccnc2)n[nH]c1=S. The van der Waals surface area contributed by atoms with E-state index in [1.54, 1.807) is 6.20 Å². The van der Waals surface area contributed by atoms with Gasteiger partial charge in [-0.15, -0.1) is 0 Å². The van der Waals surface area contributed by atoms with E-state index in [2.05, 4.69) is 20.5 Å². The number of aromatic nitrogens is 4. The molecular weight excluding hydrogens is 286 g/mol. The molecule has 0 bridgehead atoms. The molecule has 0 spiro atoms. The van der Waals surface area contributed by atoms with Crippen LogP contribution in [0.15, 0.2) is 24.5 Å². The number of aromatic amines is 1. The second kappa shape index (κ2) is 5.77. The summed E-state index contributed by atoms with van der Waals surface area (Å²) in [5.74, 6) is 1.17. The third-order valence-corrected chi connectivity index (χ3v) is 4.13. The number of rotatable bonds is 5. The monoisotopic (exact) mass is 303 g/mol. The smallest absolute Gasteiger partial charge is 0.224 e. The Labute approximate surface area is 127 Å². The fraction of sp³-hybridized carbons (Fsp3) is 0.429. The Morgan fingerprint density at radius 2 is 2.48 bits per heavy atom. The number of amides is 1. The summed E-state index contributed by atoms with van der Waals surface area (Å²) in [6.07, 6.45) is 4.47. The first-order chi connectivity index (χ1) is 10.2. The maximum absolute atomic E-state index is 12.2. The highest BCUT2D eigenvalue weighted by Gasteiger charge is 2.43. The number of carbonyl (C=O) groups is 1. The first-order valence-electron chi connectivity index (χ1n) is 7.02. The van der Waals surface area contributed by atoms with Crippen molar-refractivity contribution in [1.82, 2.24) is 25.1 Å². The summed E-state index contributed by atoms with van der Waals surface area (Å²) in [6.45, 7) is 3.13. The topological polar surface area (TPSA) is 75.6 Å². The maximum Gasteiger partial charge on any atom is 0.224 e. The van der Waals surface area contributed by atoms with E-state index in [1.807, 2.05) is 29.8 Å². The summed E-state index contributed by atoms with van der Waals surface area (Å²) in [5.41, 5.74) is 1.13. The average molecular weight is 303 g/mol. The van der Waals surface area contributed by atoms with Crippen molar-refractivity contribution in [3.63, 3.8) is 0 Å². The predicted molar refractivity (Wildman–Crippen MR) is 80.0 cm³/mol. The van der Waals surface area contributed by atoms with E-state index < -0.39 is 0 Å². The third kappa shape index (κ3) is 2.87. The lowest BCUT2D eigenvalue weighted by Crippen LogP contribution is -2.26. The molecule has 0 unspecified atom stereocenters. The summed E-state index contributed by atoms with van der Waals surface area (Å²) in [5, 5.41) is 9.82. The van der Waals surface area contributed by atoms with Gasteiger partial charge in [-0.2, -0.15) is 5.10 Å². The molecule has 2 heterocycles. The minimum atomic E-state index is 0.0474. The van der Waals surface area contributed by atoms with Crippen molar-refractivity contribution in [2.45, 2.75) is 32.4 Å². The van der Waals surface area contributed by atoms with Gasteiger partial charge in [0.25, 0.3) is 0 Å². The number of nitrogens with zero attached hydrogens (tertiary/aromatic N) is 3. The Morgan fingerprint density at radius 3 is 3.19 bits per heavy atom. The zero-order chi connectivity index (χ0) is 14.8. The molecule has 1 saturated carbocycles. The fourth-order valence-corrected chi connectivity index (χ4v) is 2.84. The predicted octanol–water partition coefficient (Wildman–Crippen LogP) is 1.78. The Kier molecular flexibility index (Phi) is 3.83. The highest BCUT2D eigenvalue weighted by Crippen LogP contribution is 2.47. The van der Waals surface area contributed by atoms with Crippen LogP contribution in [0.25, 0.3) is 0 Å². The van der Waals surface area contributed by atoms with Crippen molar-refractivity contribution in [2.75, 3.05) is 0 Å². The molecule has 1 aliphatic carbocycles. The second-order valence-electron chi connectivity index (χ2n) is 5.14. The van der Waals surface area contributed by atoms with E-state index in [4.69, 9.17) is 12.2 Å². The number of pyridine rings is 1. The molecule has 21 heavy (non-hydrogen) atoms. The van der Waals surface area contributed by atoms with Crippen LogP contribution < -0.4 is 5.32 Å². The van der Waals surface area contributed by atoms with Crippen molar-refractivity contribution in [3.05, 3.63) is 40.7 Å². The van der Waals surface area contributed by atoms with Gasteiger partial charge in [0.1, 0.15) is 0 Å². The quantitative estimate of drug-likeness (QED) is 0.826. The van der Waals surface area contributed by atoms with E-state index in [1.165, 1.54) is 0 Å². The van der Waals surface area contributed by atoms with E-state index in [9.17, 15) is 4.79 Å². The molecule has 0 saturated heterocycles. The van der Waals surface area contributed by atoms with Gasteiger partial charge in [0.15, 0.2) is 10.6 Å². The number of hydrogen-bond acceptors (Lipinski definition) is 4. The van der Waals surface area contributed by atoms with Gasteiger partial charge in [-0.3, -0.25) is 14.9 Å². The number of carbonyl (C=O) groups excluding carboxylic acids is 1. The number of H-pyrrole nitrogens is 1. The molecular formula is C14H17N5OS. The molecule has 6 nitrogen and oxygen atoms in total. The largest absolute Gasteiger partial charge is 0.349 e. The van der Waals surface area contributed by atoms with Gasteiger partial charge < -0.3 is 9.88 Å². The Morgan fingerprint density at radius 1 is 1.62 bits per heavy atom. The molecule has 2 atom stereocenters. The summed E-state index contributed by atoms with van der Waals surface area (Å²) >= 11 is 5.12. The average Bonchev–Trinajstić information content (AvgIpc) is 3.24. The van der Waals surface area contributed by atoms with Crippen LogP contribution in [0.5, 0.6) is 0 Å². The summed E-state index contributed by atoms with van der Waals surface area (Å²) in [7, 11) is 0. The van der Waals surface area contributed by atoms with E-state index in [-0.39, 0.29) is 11.8 Å². The lowest BCUT2D eigenvalue weighted by Gasteiger charge is -2.06. The lowest BCUT2D eigenvalue weighted by atomic mass is 10.1. The molecule has 2 aromatic heterocycles. The second-order valence-corrected chi connectivity index (χ2v) is 5.53. The summed E-state index contributed by atoms with van der Waals surface area (Å²) in [4.78, 5) is 16.3. The van der Waals surface area contributed by atoms with Crippen molar-refractivity contribution in [3.8, 4) is 0 Å². The molecule has 7 heteroatoms. The van der Waals surface area contributed by atoms with Gasteiger partial charge >= 0.3 is 0 Å². The number of nitrogens with one attached hydrogen (secondary N) is 2. The summed E-state index contributed by atoms with van der Waals surface area (Å²) < 4.78 is 2.46. The molecule has 0 aromatic carbocycles. The minimum Gasteiger partial charge on any atom is -0.349 e. The van der Waals surface area contributed by atoms with Crippen LogP contribution in [-0.4, -0.2) is 25.7 Å². The molecule has 2 aromatic rings. The van der Waals surface area contributed by atoms with E-state index in [0.717, 1.165) is 24.4 Å². The third-order valence-electron chi connectivity index (χ3n) is 3.81. The van der Waals surface area contributed by atoms with Crippen LogP contribution in [-0.2, 0) is 17.9 Å². The zero-order valence-electron chi connectivity index (χ0n) is 11.7. The normalized spacial score (nSPS) is 20.2. The van der Waals surface area contributed by atoms with Crippen molar-refractivity contribution >= 4 is 18.1 Å². The van der Waals surface area contributed by atoms with E-state index in [0.29, 0.717) is 17.2 Å². The maximum atomic E-state index is 12.2. The van der Waals surface area contributed by atoms with Crippen LogP contribution in [0, 0.1) is 10.7 Å². The highest BCUT2D eigenvalue weighted by molar-refractivity contribution is 7.71. The lowest BCUT2D eigenvalue weighted by molar-refractivity contribution is -0.122. The van der Waals surface area contributed by atoms with Gasteiger partial charge in [0.05, 0.1) is 6.54 Å². The molecule has 0 aliphatic heterocycles. The van der Waals surface area contributed by atoms with Crippen molar-refractivity contribution in [2.24, 2.45) is 5.92 Å². The van der Waals surface area contributed by atoms with Gasteiger partial charge in [0, 0.05) is 24.9 Å². The minimum absolute atomic E-state index is 0.0474. The van der Waals surface area contributed by atoms with Gasteiger partial charge in [-0.05, 0) is 43.1 Å².